The summed E-state index contributed by atoms with van der Waals surface area (Å²) in [4.78, 5) is 14.4. The second kappa shape index (κ2) is 8.76. The summed E-state index contributed by atoms with van der Waals surface area (Å²) in [5.41, 5.74) is 2.16. The molecule has 0 radical (unpaired) electrons. The standard InChI is InChI=1S/C20H25ClN2O3S/c1-5-22(6-2)20(24)14-23(17-10-9-16(4)19(21)13-17)27(25,26)18-11-7-15(3)8-12-18/h7-13H,5-6,14H2,1-4H3. The zero-order valence-electron chi connectivity index (χ0n) is 16.1. The van der Waals surface area contributed by atoms with Crippen molar-refractivity contribution >= 4 is 33.2 Å². The Morgan fingerprint density at radius 3 is 2.11 bits per heavy atom. The van der Waals surface area contributed by atoms with E-state index < -0.39 is 10.0 Å². The predicted molar refractivity (Wildman–Crippen MR) is 110 cm³/mol. The topological polar surface area (TPSA) is 57.7 Å². The Morgan fingerprint density at radius 1 is 1.00 bits per heavy atom. The summed E-state index contributed by atoms with van der Waals surface area (Å²) in [5, 5.41) is 0.451. The van der Waals surface area contributed by atoms with Crippen LogP contribution >= 0.6 is 11.6 Å². The van der Waals surface area contributed by atoms with Crippen molar-refractivity contribution in [3.05, 3.63) is 58.6 Å². The van der Waals surface area contributed by atoms with Crippen molar-refractivity contribution in [3.8, 4) is 0 Å². The fourth-order valence-electron chi connectivity index (χ4n) is 2.69. The number of likely N-dealkylation sites (N-methyl/N-ethyl adjacent to an activating group) is 1. The zero-order valence-corrected chi connectivity index (χ0v) is 17.6. The summed E-state index contributed by atoms with van der Waals surface area (Å²) >= 11 is 6.21. The SMILES string of the molecule is CCN(CC)C(=O)CN(c1ccc(C)c(Cl)c1)S(=O)(=O)c1ccc(C)cc1. The molecule has 0 aliphatic rings. The minimum absolute atomic E-state index is 0.136. The highest BCUT2D eigenvalue weighted by Gasteiger charge is 2.28. The van der Waals surface area contributed by atoms with E-state index in [1.165, 1.54) is 0 Å². The van der Waals surface area contributed by atoms with E-state index in [-0.39, 0.29) is 17.3 Å². The van der Waals surface area contributed by atoms with Crippen LogP contribution in [0.5, 0.6) is 0 Å². The van der Waals surface area contributed by atoms with Gasteiger partial charge in [0.25, 0.3) is 10.0 Å². The molecule has 0 N–H and O–H groups in total. The Kier molecular flexibility index (Phi) is 6.89. The van der Waals surface area contributed by atoms with Gasteiger partial charge in [0.15, 0.2) is 0 Å². The monoisotopic (exact) mass is 408 g/mol. The van der Waals surface area contributed by atoms with E-state index in [0.29, 0.717) is 23.8 Å². The normalized spacial score (nSPS) is 11.3. The van der Waals surface area contributed by atoms with E-state index in [1.54, 1.807) is 47.4 Å². The summed E-state index contributed by atoms with van der Waals surface area (Å²) < 4.78 is 27.7. The third-order valence-electron chi connectivity index (χ3n) is 4.45. The summed E-state index contributed by atoms with van der Waals surface area (Å²) in [6.07, 6.45) is 0. The average molecular weight is 409 g/mol. The summed E-state index contributed by atoms with van der Waals surface area (Å²) in [7, 11) is -3.92. The fourth-order valence-corrected chi connectivity index (χ4v) is 4.27. The van der Waals surface area contributed by atoms with E-state index in [2.05, 4.69) is 0 Å². The number of aryl methyl sites for hydroxylation is 2. The van der Waals surface area contributed by atoms with Crippen molar-refractivity contribution in [1.82, 2.24) is 4.90 Å². The van der Waals surface area contributed by atoms with Crippen LogP contribution in [0.1, 0.15) is 25.0 Å². The van der Waals surface area contributed by atoms with Gasteiger partial charge in [-0.2, -0.15) is 0 Å². The number of hydrogen-bond acceptors (Lipinski definition) is 3. The second-order valence-electron chi connectivity index (χ2n) is 6.32. The lowest BCUT2D eigenvalue weighted by Crippen LogP contribution is -2.43. The number of benzene rings is 2. The minimum atomic E-state index is -3.92. The lowest BCUT2D eigenvalue weighted by Gasteiger charge is -2.27. The van der Waals surface area contributed by atoms with Crippen molar-refractivity contribution in [3.63, 3.8) is 0 Å². The molecule has 0 aliphatic carbocycles. The van der Waals surface area contributed by atoms with E-state index in [9.17, 15) is 13.2 Å². The van der Waals surface area contributed by atoms with Crippen LogP contribution in [0.25, 0.3) is 0 Å². The van der Waals surface area contributed by atoms with E-state index >= 15 is 0 Å². The molecule has 0 aromatic heterocycles. The molecule has 2 aromatic rings. The largest absolute Gasteiger partial charge is 0.342 e. The third kappa shape index (κ3) is 4.82. The number of amides is 1. The molecule has 2 aromatic carbocycles. The number of hydrogen-bond donors (Lipinski definition) is 0. The van der Waals surface area contributed by atoms with Gasteiger partial charge in [-0.1, -0.05) is 35.4 Å². The molecule has 0 atom stereocenters. The molecule has 0 fully saturated rings. The molecule has 1 amide bonds. The Bertz CT molecular complexity index is 907. The fraction of sp³-hybridized carbons (Fsp3) is 0.350. The highest BCUT2D eigenvalue weighted by molar-refractivity contribution is 7.92. The second-order valence-corrected chi connectivity index (χ2v) is 8.59. The molecule has 5 nitrogen and oxygen atoms in total. The van der Waals surface area contributed by atoms with Crippen LogP contribution in [0.2, 0.25) is 5.02 Å². The van der Waals surface area contributed by atoms with Gasteiger partial charge >= 0.3 is 0 Å². The maximum Gasteiger partial charge on any atom is 0.264 e. The van der Waals surface area contributed by atoms with Gasteiger partial charge in [-0.05, 0) is 57.5 Å². The molecular formula is C20H25ClN2O3S. The summed E-state index contributed by atoms with van der Waals surface area (Å²) in [5.74, 6) is -0.257. The average Bonchev–Trinajstić information content (AvgIpc) is 2.63. The Balaban J connectivity index is 2.52. The van der Waals surface area contributed by atoms with Crippen LogP contribution < -0.4 is 4.31 Å². The van der Waals surface area contributed by atoms with E-state index in [1.807, 2.05) is 27.7 Å². The van der Waals surface area contributed by atoms with Crippen molar-refractivity contribution in [1.29, 1.82) is 0 Å². The molecule has 0 bridgehead atoms. The number of carbonyl (C=O) groups is 1. The smallest absolute Gasteiger partial charge is 0.264 e. The molecule has 0 unspecified atom stereocenters. The molecule has 0 saturated carbocycles. The number of sulfonamides is 1. The van der Waals surface area contributed by atoms with Crippen LogP contribution in [0.15, 0.2) is 47.4 Å². The van der Waals surface area contributed by atoms with Gasteiger partial charge in [-0.15, -0.1) is 0 Å². The molecule has 0 saturated heterocycles. The van der Waals surface area contributed by atoms with Crippen LogP contribution in [0, 0.1) is 13.8 Å². The predicted octanol–water partition coefficient (Wildman–Crippen LogP) is 4.02. The summed E-state index contributed by atoms with van der Waals surface area (Å²) in [6.45, 7) is 8.21. The zero-order chi connectivity index (χ0) is 20.2. The van der Waals surface area contributed by atoms with Gasteiger partial charge < -0.3 is 4.90 Å². The maximum absolute atomic E-state index is 13.3. The summed E-state index contributed by atoms with van der Waals surface area (Å²) in [6, 6.07) is 11.6. The van der Waals surface area contributed by atoms with Crippen LogP contribution in [-0.2, 0) is 14.8 Å². The van der Waals surface area contributed by atoms with E-state index in [0.717, 1.165) is 15.4 Å². The first-order chi connectivity index (χ1) is 12.7. The molecule has 7 heteroatoms. The molecule has 0 spiro atoms. The van der Waals surface area contributed by atoms with Gasteiger partial charge in [-0.3, -0.25) is 9.10 Å². The molecular weight excluding hydrogens is 384 g/mol. The molecule has 146 valence electrons. The number of halogens is 1. The number of anilines is 1. The highest BCUT2D eigenvalue weighted by atomic mass is 35.5. The Hall–Kier alpha value is -2.05. The first-order valence-corrected chi connectivity index (χ1v) is 10.7. The molecule has 0 aliphatic heterocycles. The lowest BCUT2D eigenvalue weighted by atomic mass is 10.2. The van der Waals surface area contributed by atoms with Gasteiger partial charge in [0, 0.05) is 18.1 Å². The maximum atomic E-state index is 13.3. The highest BCUT2D eigenvalue weighted by Crippen LogP contribution is 2.28. The number of carbonyl (C=O) groups excluding carboxylic acids is 1. The first kappa shape index (κ1) is 21.3. The quantitative estimate of drug-likeness (QED) is 0.695. The lowest BCUT2D eigenvalue weighted by molar-refractivity contribution is -0.129. The Labute approximate surface area is 166 Å². The van der Waals surface area contributed by atoms with Crippen molar-refractivity contribution < 1.29 is 13.2 Å². The van der Waals surface area contributed by atoms with E-state index in [4.69, 9.17) is 11.6 Å². The van der Waals surface area contributed by atoms with Crippen molar-refractivity contribution in [2.75, 3.05) is 23.9 Å². The third-order valence-corrected chi connectivity index (χ3v) is 6.64. The first-order valence-electron chi connectivity index (χ1n) is 8.84. The van der Waals surface area contributed by atoms with Gasteiger partial charge in [0.05, 0.1) is 10.6 Å². The Morgan fingerprint density at radius 2 is 1.59 bits per heavy atom. The molecule has 2 rings (SSSR count). The minimum Gasteiger partial charge on any atom is -0.342 e. The van der Waals surface area contributed by atoms with Crippen molar-refractivity contribution in [2.24, 2.45) is 0 Å². The number of rotatable bonds is 7. The van der Waals surface area contributed by atoms with Gasteiger partial charge in [0.2, 0.25) is 5.91 Å². The van der Waals surface area contributed by atoms with Crippen molar-refractivity contribution in [2.45, 2.75) is 32.6 Å². The van der Waals surface area contributed by atoms with Gasteiger partial charge in [-0.25, -0.2) is 8.42 Å². The number of nitrogens with zero attached hydrogens (tertiary/aromatic N) is 2. The van der Waals surface area contributed by atoms with Crippen LogP contribution in [-0.4, -0.2) is 38.9 Å². The van der Waals surface area contributed by atoms with Crippen LogP contribution in [0.3, 0.4) is 0 Å². The van der Waals surface area contributed by atoms with Gasteiger partial charge in [0.1, 0.15) is 6.54 Å². The molecule has 0 heterocycles. The van der Waals surface area contributed by atoms with Crippen LogP contribution in [0.4, 0.5) is 5.69 Å². The molecule has 27 heavy (non-hydrogen) atoms.